The summed E-state index contributed by atoms with van der Waals surface area (Å²) in [5, 5.41) is 14.8. The number of thiazole rings is 1. The lowest BCUT2D eigenvalue weighted by atomic mass is 10.3. The van der Waals surface area contributed by atoms with Gasteiger partial charge in [-0.3, -0.25) is 14.2 Å². The molecule has 0 saturated carbocycles. The average Bonchev–Trinajstić information content (AvgIpc) is 3.40. The van der Waals surface area contributed by atoms with Crippen LogP contribution >= 0.6 is 34.9 Å². The van der Waals surface area contributed by atoms with Crippen LogP contribution in [0.15, 0.2) is 63.1 Å². The van der Waals surface area contributed by atoms with Crippen molar-refractivity contribution >= 4 is 45.9 Å². The third-order valence-corrected chi connectivity index (χ3v) is 6.40. The molecular formula is C19H17N7O2S3. The molecule has 9 nitrogen and oxygen atoms in total. The fraction of sp³-hybridized carbons (Fsp3) is 0.158. The second-order valence-corrected chi connectivity index (χ2v) is 9.03. The zero-order valence-electron chi connectivity index (χ0n) is 16.3. The van der Waals surface area contributed by atoms with Crippen LogP contribution in [-0.2, 0) is 10.5 Å². The van der Waals surface area contributed by atoms with Gasteiger partial charge in [-0.05, 0) is 19.1 Å². The number of nitrogens with zero attached hydrogens (tertiary/aromatic N) is 5. The standard InChI is InChI=1S/C19H17N7O2S3/c1-12-9-15(27)22-18(21-12)30-10-14-24-25-19(26(14)13-5-3-2-4-6-13)31-11-16(28)23-17-20-7-8-29-17/h2-9H,10-11H2,1H3,(H,20,23,28)(H,21,22,27). The Bertz CT molecular complexity index is 1220. The second-order valence-electron chi connectivity index (χ2n) is 6.22. The molecule has 31 heavy (non-hydrogen) atoms. The smallest absolute Gasteiger partial charge is 0.251 e. The third-order valence-electron chi connectivity index (χ3n) is 3.91. The van der Waals surface area contributed by atoms with Gasteiger partial charge in [-0.1, -0.05) is 41.7 Å². The number of amides is 1. The Morgan fingerprint density at radius 3 is 2.81 bits per heavy atom. The van der Waals surface area contributed by atoms with Crippen LogP contribution in [0.4, 0.5) is 5.13 Å². The van der Waals surface area contributed by atoms with Gasteiger partial charge in [-0.15, -0.1) is 21.5 Å². The topological polar surface area (TPSA) is 118 Å². The fourth-order valence-electron chi connectivity index (χ4n) is 2.65. The average molecular weight is 472 g/mol. The van der Waals surface area contributed by atoms with Gasteiger partial charge in [0.05, 0.1) is 11.5 Å². The highest BCUT2D eigenvalue weighted by molar-refractivity contribution is 7.99. The lowest BCUT2D eigenvalue weighted by Crippen LogP contribution is -2.14. The highest BCUT2D eigenvalue weighted by Gasteiger charge is 2.17. The summed E-state index contributed by atoms with van der Waals surface area (Å²) >= 11 is 4.02. The van der Waals surface area contributed by atoms with E-state index in [1.165, 1.54) is 40.9 Å². The highest BCUT2D eigenvalue weighted by atomic mass is 32.2. The lowest BCUT2D eigenvalue weighted by Gasteiger charge is -2.10. The number of rotatable bonds is 8. The molecule has 0 aliphatic rings. The number of aromatic amines is 1. The van der Waals surface area contributed by atoms with E-state index in [1.807, 2.05) is 34.9 Å². The summed E-state index contributed by atoms with van der Waals surface area (Å²) in [7, 11) is 0. The molecule has 0 fully saturated rings. The number of anilines is 1. The van der Waals surface area contributed by atoms with E-state index in [9.17, 15) is 9.59 Å². The molecule has 1 aromatic carbocycles. The normalized spacial score (nSPS) is 10.9. The van der Waals surface area contributed by atoms with Gasteiger partial charge in [0.2, 0.25) is 5.91 Å². The van der Waals surface area contributed by atoms with Crippen molar-refractivity contribution in [3.63, 3.8) is 0 Å². The first-order valence-corrected chi connectivity index (χ1v) is 12.0. The van der Waals surface area contributed by atoms with Crippen LogP contribution in [0.1, 0.15) is 11.5 Å². The van der Waals surface area contributed by atoms with Crippen molar-refractivity contribution in [1.82, 2.24) is 29.7 Å². The number of aromatic nitrogens is 6. The number of para-hydroxylation sites is 1. The number of H-pyrrole nitrogens is 1. The molecule has 3 heterocycles. The van der Waals surface area contributed by atoms with E-state index in [0.717, 1.165) is 5.69 Å². The molecule has 0 spiro atoms. The summed E-state index contributed by atoms with van der Waals surface area (Å²) in [4.78, 5) is 35.1. The van der Waals surface area contributed by atoms with Gasteiger partial charge in [0.1, 0.15) is 5.82 Å². The minimum Gasteiger partial charge on any atom is -0.301 e. The van der Waals surface area contributed by atoms with Gasteiger partial charge in [0.25, 0.3) is 5.56 Å². The Morgan fingerprint density at radius 1 is 1.23 bits per heavy atom. The minimum absolute atomic E-state index is 0.167. The van der Waals surface area contributed by atoms with Gasteiger partial charge >= 0.3 is 0 Å². The molecule has 3 aromatic heterocycles. The van der Waals surface area contributed by atoms with Crippen LogP contribution in [0.2, 0.25) is 0 Å². The minimum atomic E-state index is -0.193. The van der Waals surface area contributed by atoms with Gasteiger partial charge in [0.15, 0.2) is 15.4 Å². The molecular weight excluding hydrogens is 454 g/mol. The molecule has 0 saturated heterocycles. The monoisotopic (exact) mass is 471 g/mol. The van der Waals surface area contributed by atoms with Crippen molar-refractivity contribution in [2.75, 3.05) is 11.1 Å². The van der Waals surface area contributed by atoms with Gasteiger partial charge in [-0.2, -0.15) is 0 Å². The summed E-state index contributed by atoms with van der Waals surface area (Å²) in [5.74, 6) is 1.13. The zero-order chi connectivity index (χ0) is 21.6. The molecule has 0 bridgehead atoms. The van der Waals surface area contributed by atoms with Crippen LogP contribution in [0.5, 0.6) is 0 Å². The van der Waals surface area contributed by atoms with E-state index in [4.69, 9.17) is 0 Å². The molecule has 2 N–H and O–H groups in total. The lowest BCUT2D eigenvalue weighted by molar-refractivity contribution is -0.113. The molecule has 1 amide bonds. The molecule has 0 atom stereocenters. The van der Waals surface area contributed by atoms with E-state index in [0.29, 0.717) is 32.7 Å². The maximum absolute atomic E-state index is 12.2. The van der Waals surface area contributed by atoms with Crippen LogP contribution in [0.25, 0.3) is 5.69 Å². The van der Waals surface area contributed by atoms with Crippen molar-refractivity contribution in [3.8, 4) is 5.69 Å². The number of hydrogen-bond donors (Lipinski definition) is 2. The van der Waals surface area contributed by atoms with E-state index < -0.39 is 0 Å². The maximum atomic E-state index is 12.2. The van der Waals surface area contributed by atoms with Crippen LogP contribution in [-0.4, -0.2) is 41.4 Å². The quantitative estimate of drug-likeness (QED) is 0.297. The fourth-order valence-corrected chi connectivity index (χ4v) is 4.80. The molecule has 0 aliphatic heterocycles. The molecule has 158 valence electrons. The Morgan fingerprint density at radius 2 is 2.06 bits per heavy atom. The van der Waals surface area contributed by atoms with Crippen molar-refractivity contribution in [2.45, 2.75) is 23.0 Å². The first-order valence-electron chi connectivity index (χ1n) is 9.11. The van der Waals surface area contributed by atoms with Crippen molar-refractivity contribution in [3.05, 3.63) is 69.8 Å². The number of aryl methyl sites for hydroxylation is 1. The van der Waals surface area contributed by atoms with Gasteiger partial charge in [0, 0.05) is 29.0 Å². The van der Waals surface area contributed by atoms with Crippen LogP contribution < -0.4 is 10.9 Å². The van der Waals surface area contributed by atoms with E-state index >= 15 is 0 Å². The van der Waals surface area contributed by atoms with E-state index in [-0.39, 0.29) is 17.2 Å². The maximum Gasteiger partial charge on any atom is 0.251 e. The molecule has 4 rings (SSSR count). The Balaban J connectivity index is 1.52. The van der Waals surface area contributed by atoms with Crippen molar-refractivity contribution in [2.24, 2.45) is 0 Å². The molecule has 12 heteroatoms. The zero-order valence-corrected chi connectivity index (χ0v) is 18.8. The number of nitrogens with one attached hydrogen (secondary N) is 2. The molecule has 4 aromatic rings. The van der Waals surface area contributed by atoms with E-state index in [1.54, 1.807) is 18.5 Å². The first kappa shape index (κ1) is 21.3. The number of carbonyl (C=O) groups is 1. The van der Waals surface area contributed by atoms with Crippen molar-refractivity contribution in [1.29, 1.82) is 0 Å². The summed E-state index contributed by atoms with van der Waals surface area (Å²) in [5.41, 5.74) is 1.34. The summed E-state index contributed by atoms with van der Waals surface area (Å²) < 4.78 is 1.91. The predicted molar refractivity (Wildman–Crippen MR) is 122 cm³/mol. The number of hydrogen-bond acceptors (Lipinski definition) is 9. The molecule has 0 aliphatic carbocycles. The Labute approximate surface area is 189 Å². The number of carbonyl (C=O) groups excluding carboxylic acids is 1. The van der Waals surface area contributed by atoms with Crippen LogP contribution in [0, 0.1) is 6.92 Å². The largest absolute Gasteiger partial charge is 0.301 e. The SMILES string of the molecule is Cc1cc(=O)[nH]c(SCc2nnc(SCC(=O)Nc3nccs3)n2-c2ccccc2)n1. The number of benzene rings is 1. The summed E-state index contributed by atoms with van der Waals surface area (Å²) in [6.45, 7) is 1.78. The van der Waals surface area contributed by atoms with Crippen molar-refractivity contribution < 1.29 is 4.79 Å². The highest BCUT2D eigenvalue weighted by Crippen LogP contribution is 2.26. The third kappa shape index (κ3) is 5.60. The predicted octanol–water partition coefficient (Wildman–Crippen LogP) is 3.14. The van der Waals surface area contributed by atoms with Crippen LogP contribution in [0.3, 0.4) is 0 Å². The first-order chi connectivity index (χ1) is 15.1. The number of thioether (sulfide) groups is 2. The van der Waals surface area contributed by atoms with Gasteiger partial charge in [-0.25, -0.2) is 9.97 Å². The Kier molecular flexibility index (Phi) is 6.79. The Hall–Kier alpha value is -2.96. The van der Waals surface area contributed by atoms with E-state index in [2.05, 4.69) is 30.5 Å². The summed E-state index contributed by atoms with van der Waals surface area (Å²) in [6, 6.07) is 11.1. The second kappa shape index (κ2) is 9.90. The molecule has 0 unspecified atom stereocenters. The summed E-state index contributed by atoms with van der Waals surface area (Å²) in [6.07, 6.45) is 1.64. The van der Waals surface area contributed by atoms with Gasteiger partial charge < -0.3 is 10.3 Å². The molecule has 0 radical (unpaired) electrons.